The summed E-state index contributed by atoms with van der Waals surface area (Å²) < 4.78 is 0. The zero-order valence-corrected chi connectivity index (χ0v) is 17.3. The molecule has 0 spiro atoms. The topological polar surface area (TPSA) is 61.4 Å². The number of rotatable bonds is 7. The molecule has 0 bridgehead atoms. The molecule has 1 aliphatic rings. The van der Waals surface area contributed by atoms with Crippen molar-refractivity contribution < 1.29 is 9.59 Å². The van der Waals surface area contributed by atoms with Crippen LogP contribution in [0.5, 0.6) is 0 Å². The second-order valence-electron chi connectivity index (χ2n) is 7.88. The first-order valence-electron chi connectivity index (χ1n) is 10.5. The first kappa shape index (κ1) is 21.1. The van der Waals surface area contributed by atoms with Gasteiger partial charge in [-0.25, -0.2) is 0 Å². The van der Waals surface area contributed by atoms with Crippen LogP contribution < -0.4 is 10.6 Å². The third-order valence-electron chi connectivity index (χ3n) is 5.78. The number of amides is 2. The van der Waals surface area contributed by atoms with Gasteiger partial charge in [-0.2, -0.15) is 0 Å². The molecule has 154 valence electrons. The van der Waals surface area contributed by atoms with Crippen molar-refractivity contribution in [1.82, 2.24) is 15.5 Å². The highest BCUT2D eigenvalue weighted by molar-refractivity contribution is 5.94. The SMILES string of the molecule is CC(CNC(=O)C(C)N1CCC(NC(=O)c2ccccc2)CC1)c1ccccc1. The maximum absolute atomic E-state index is 12.6. The number of benzene rings is 2. The van der Waals surface area contributed by atoms with Crippen LogP contribution in [-0.4, -0.2) is 48.4 Å². The van der Waals surface area contributed by atoms with E-state index in [2.05, 4.69) is 34.6 Å². The van der Waals surface area contributed by atoms with E-state index in [1.54, 1.807) is 0 Å². The molecule has 2 aromatic rings. The van der Waals surface area contributed by atoms with Gasteiger partial charge in [-0.3, -0.25) is 14.5 Å². The Balaban J connectivity index is 1.41. The molecule has 0 aliphatic carbocycles. The molecule has 29 heavy (non-hydrogen) atoms. The van der Waals surface area contributed by atoms with Crippen LogP contribution in [0, 0.1) is 0 Å². The van der Waals surface area contributed by atoms with Crippen LogP contribution in [0.15, 0.2) is 60.7 Å². The molecule has 2 atom stereocenters. The standard InChI is InChI=1S/C24H31N3O2/c1-18(20-9-5-3-6-10-20)17-25-23(28)19(2)27-15-13-22(14-16-27)26-24(29)21-11-7-4-8-12-21/h3-12,18-19,22H,13-17H2,1-2H3,(H,25,28)(H,26,29). The Kier molecular flexibility index (Phi) is 7.42. The van der Waals surface area contributed by atoms with Crippen molar-refractivity contribution in [1.29, 1.82) is 0 Å². The van der Waals surface area contributed by atoms with Crippen molar-refractivity contribution in [3.8, 4) is 0 Å². The van der Waals surface area contributed by atoms with Crippen molar-refractivity contribution in [2.75, 3.05) is 19.6 Å². The zero-order chi connectivity index (χ0) is 20.6. The summed E-state index contributed by atoms with van der Waals surface area (Å²) in [5, 5.41) is 6.21. The monoisotopic (exact) mass is 393 g/mol. The number of carbonyl (C=O) groups is 2. The van der Waals surface area contributed by atoms with Crippen molar-refractivity contribution in [2.24, 2.45) is 0 Å². The minimum Gasteiger partial charge on any atom is -0.354 e. The lowest BCUT2D eigenvalue weighted by atomic mass is 10.0. The smallest absolute Gasteiger partial charge is 0.251 e. The van der Waals surface area contributed by atoms with Crippen molar-refractivity contribution >= 4 is 11.8 Å². The van der Waals surface area contributed by atoms with Gasteiger partial charge in [0.25, 0.3) is 5.91 Å². The molecule has 1 heterocycles. The van der Waals surface area contributed by atoms with E-state index in [1.807, 2.05) is 55.5 Å². The molecule has 2 unspecified atom stereocenters. The number of nitrogens with one attached hydrogen (secondary N) is 2. The lowest BCUT2D eigenvalue weighted by molar-refractivity contribution is -0.126. The number of hydrogen-bond acceptors (Lipinski definition) is 3. The van der Waals surface area contributed by atoms with E-state index < -0.39 is 0 Å². The molecule has 0 saturated carbocycles. The lowest BCUT2D eigenvalue weighted by Crippen LogP contribution is -2.52. The van der Waals surface area contributed by atoms with Gasteiger partial charge in [-0.1, -0.05) is 55.5 Å². The average Bonchev–Trinajstić information content (AvgIpc) is 2.78. The number of hydrogen-bond donors (Lipinski definition) is 2. The average molecular weight is 394 g/mol. The zero-order valence-electron chi connectivity index (χ0n) is 17.3. The van der Waals surface area contributed by atoms with Gasteiger partial charge in [0.15, 0.2) is 0 Å². The van der Waals surface area contributed by atoms with Crippen molar-refractivity contribution in [2.45, 2.75) is 44.7 Å². The third-order valence-corrected chi connectivity index (χ3v) is 5.78. The van der Waals surface area contributed by atoms with E-state index >= 15 is 0 Å². The van der Waals surface area contributed by atoms with Crippen LogP contribution in [0.25, 0.3) is 0 Å². The number of piperidine rings is 1. The molecule has 2 amide bonds. The Labute approximate surface area is 173 Å². The van der Waals surface area contributed by atoms with Crippen molar-refractivity contribution in [3.05, 3.63) is 71.8 Å². The third kappa shape index (κ3) is 5.91. The summed E-state index contributed by atoms with van der Waals surface area (Å²) in [6, 6.07) is 19.5. The maximum Gasteiger partial charge on any atom is 0.251 e. The van der Waals surface area contributed by atoms with Gasteiger partial charge < -0.3 is 10.6 Å². The van der Waals surface area contributed by atoms with E-state index in [4.69, 9.17) is 0 Å². The molecular formula is C24H31N3O2. The number of likely N-dealkylation sites (tertiary alicyclic amines) is 1. The Morgan fingerprint density at radius 2 is 1.55 bits per heavy atom. The van der Waals surface area contributed by atoms with E-state index in [0.29, 0.717) is 12.1 Å². The molecule has 1 saturated heterocycles. The van der Waals surface area contributed by atoms with E-state index in [-0.39, 0.29) is 29.8 Å². The molecule has 5 heteroatoms. The van der Waals surface area contributed by atoms with Gasteiger partial charge in [0.2, 0.25) is 5.91 Å². The van der Waals surface area contributed by atoms with E-state index in [9.17, 15) is 9.59 Å². The normalized spacial score (nSPS) is 17.3. The molecule has 5 nitrogen and oxygen atoms in total. The minimum atomic E-state index is -0.163. The van der Waals surface area contributed by atoms with Crippen LogP contribution in [0.2, 0.25) is 0 Å². The summed E-state index contributed by atoms with van der Waals surface area (Å²) in [4.78, 5) is 27.1. The minimum absolute atomic E-state index is 0.0234. The van der Waals surface area contributed by atoms with Crippen LogP contribution in [0.3, 0.4) is 0 Å². The summed E-state index contributed by atoms with van der Waals surface area (Å²) in [7, 11) is 0. The Hall–Kier alpha value is -2.66. The van der Waals surface area contributed by atoms with E-state index in [0.717, 1.165) is 25.9 Å². The molecule has 1 aliphatic heterocycles. The fraction of sp³-hybridized carbons (Fsp3) is 0.417. The van der Waals surface area contributed by atoms with Crippen LogP contribution in [-0.2, 0) is 4.79 Å². The lowest BCUT2D eigenvalue weighted by Gasteiger charge is -2.35. The van der Waals surface area contributed by atoms with Crippen LogP contribution in [0.1, 0.15) is 48.5 Å². The highest BCUT2D eigenvalue weighted by atomic mass is 16.2. The molecular weight excluding hydrogens is 362 g/mol. The first-order valence-corrected chi connectivity index (χ1v) is 10.5. The summed E-state index contributed by atoms with van der Waals surface area (Å²) in [5.41, 5.74) is 1.92. The fourth-order valence-corrected chi connectivity index (χ4v) is 3.76. The fourth-order valence-electron chi connectivity index (χ4n) is 3.76. The van der Waals surface area contributed by atoms with Crippen LogP contribution >= 0.6 is 0 Å². The second-order valence-corrected chi connectivity index (χ2v) is 7.88. The summed E-state index contributed by atoms with van der Waals surface area (Å²) >= 11 is 0. The molecule has 1 fully saturated rings. The van der Waals surface area contributed by atoms with Gasteiger partial charge in [0.05, 0.1) is 6.04 Å². The van der Waals surface area contributed by atoms with Gasteiger partial charge in [-0.05, 0) is 43.4 Å². The van der Waals surface area contributed by atoms with Crippen molar-refractivity contribution in [3.63, 3.8) is 0 Å². The van der Waals surface area contributed by atoms with Gasteiger partial charge in [0.1, 0.15) is 0 Å². The Bertz CT molecular complexity index is 786. The van der Waals surface area contributed by atoms with Gasteiger partial charge >= 0.3 is 0 Å². The van der Waals surface area contributed by atoms with Gasteiger partial charge in [0, 0.05) is 31.2 Å². The first-order chi connectivity index (χ1) is 14.0. The highest BCUT2D eigenvalue weighted by Crippen LogP contribution is 2.16. The summed E-state index contributed by atoms with van der Waals surface area (Å²) in [5.74, 6) is 0.329. The van der Waals surface area contributed by atoms with E-state index in [1.165, 1.54) is 5.56 Å². The Morgan fingerprint density at radius 1 is 0.966 bits per heavy atom. The molecule has 0 aromatic heterocycles. The predicted octanol–water partition coefficient (Wildman–Crippen LogP) is 3.19. The molecule has 3 rings (SSSR count). The molecule has 2 N–H and O–H groups in total. The number of nitrogens with zero attached hydrogens (tertiary/aromatic N) is 1. The second kappa shape index (κ2) is 10.2. The predicted molar refractivity (Wildman–Crippen MR) is 116 cm³/mol. The quantitative estimate of drug-likeness (QED) is 0.759. The maximum atomic E-state index is 12.6. The number of carbonyl (C=O) groups excluding carboxylic acids is 2. The summed E-state index contributed by atoms with van der Waals surface area (Å²) in [6.07, 6.45) is 1.72. The van der Waals surface area contributed by atoms with Crippen LogP contribution in [0.4, 0.5) is 0 Å². The van der Waals surface area contributed by atoms with Gasteiger partial charge in [-0.15, -0.1) is 0 Å². The highest BCUT2D eigenvalue weighted by Gasteiger charge is 2.27. The molecule has 0 radical (unpaired) electrons. The molecule has 2 aromatic carbocycles. The largest absolute Gasteiger partial charge is 0.354 e. The summed E-state index contributed by atoms with van der Waals surface area (Å²) in [6.45, 7) is 6.34. The Morgan fingerprint density at radius 3 is 2.17 bits per heavy atom.